The second-order valence-electron chi connectivity index (χ2n) is 7.14. The second-order valence-corrected chi connectivity index (χ2v) is 7.79. The summed E-state index contributed by atoms with van der Waals surface area (Å²) in [4.78, 5) is 12.8. The van der Waals surface area contributed by atoms with Gasteiger partial charge in [0.2, 0.25) is 0 Å². The molecule has 142 valence electrons. The van der Waals surface area contributed by atoms with Crippen molar-refractivity contribution in [1.82, 2.24) is 24.7 Å². The van der Waals surface area contributed by atoms with Crippen LogP contribution in [-0.2, 0) is 13.2 Å². The van der Waals surface area contributed by atoms with Crippen LogP contribution in [0.1, 0.15) is 31.2 Å². The monoisotopic (exact) mass is 430 g/mol. The van der Waals surface area contributed by atoms with Crippen LogP contribution >= 0.6 is 15.9 Å². The maximum Gasteiger partial charge on any atom is 0.320 e. The number of rotatable bonds is 6. The third-order valence-electron chi connectivity index (χ3n) is 5.24. The summed E-state index contributed by atoms with van der Waals surface area (Å²) in [5.41, 5.74) is 7.86. The largest absolute Gasteiger partial charge is 0.458 e. The van der Waals surface area contributed by atoms with Gasteiger partial charge in [-0.1, -0.05) is 15.9 Å². The summed E-state index contributed by atoms with van der Waals surface area (Å²) < 4.78 is 7.70. The molecule has 27 heavy (non-hydrogen) atoms. The van der Waals surface area contributed by atoms with Crippen LogP contribution in [0, 0.1) is 11.8 Å². The Balaban J connectivity index is 1.50. The Bertz CT molecular complexity index is 892. The van der Waals surface area contributed by atoms with E-state index in [1.54, 1.807) is 18.6 Å². The third-order valence-corrected chi connectivity index (χ3v) is 6.15. The average Bonchev–Trinajstić information content (AvgIpc) is 3.11. The van der Waals surface area contributed by atoms with E-state index in [1.807, 2.05) is 16.8 Å². The molecule has 3 aromatic rings. The van der Waals surface area contributed by atoms with Crippen LogP contribution in [0.25, 0.3) is 11.0 Å². The molecule has 0 amide bonds. The molecule has 0 atom stereocenters. The van der Waals surface area contributed by atoms with Gasteiger partial charge in [0, 0.05) is 24.3 Å². The maximum atomic E-state index is 6.11. The highest BCUT2D eigenvalue weighted by Gasteiger charge is 2.22. The zero-order valence-corrected chi connectivity index (χ0v) is 16.7. The summed E-state index contributed by atoms with van der Waals surface area (Å²) >= 11 is 3.61. The molecule has 8 heteroatoms. The number of nitrogens with two attached hydrogens (primary N) is 1. The molecule has 0 saturated heterocycles. The summed E-state index contributed by atoms with van der Waals surface area (Å²) in [6, 6.07) is 4.08. The highest BCUT2D eigenvalue weighted by atomic mass is 79.9. The molecule has 1 aliphatic carbocycles. The first-order valence-electron chi connectivity index (χ1n) is 9.29. The minimum absolute atomic E-state index is 0.279. The van der Waals surface area contributed by atoms with E-state index in [2.05, 4.69) is 36.0 Å². The van der Waals surface area contributed by atoms with Crippen LogP contribution < -0.4 is 10.5 Å². The zero-order chi connectivity index (χ0) is 18.6. The molecular formula is C19H23BrN6O. The smallest absolute Gasteiger partial charge is 0.320 e. The van der Waals surface area contributed by atoms with E-state index in [0.29, 0.717) is 18.3 Å². The number of nitrogens with zero attached hydrogens (tertiary/aromatic N) is 5. The van der Waals surface area contributed by atoms with Gasteiger partial charge in [0.25, 0.3) is 0 Å². The molecule has 1 fully saturated rings. The van der Waals surface area contributed by atoms with Gasteiger partial charge >= 0.3 is 6.01 Å². The molecule has 3 heterocycles. The molecule has 0 aliphatic heterocycles. The van der Waals surface area contributed by atoms with Crippen LogP contribution in [0.5, 0.6) is 6.01 Å². The van der Waals surface area contributed by atoms with Gasteiger partial charge in [-0.3, -0.25) is 4.98 Å². The summed E-state index contributed by atoms with van der Waals surface area (Å²) in [5.74, 6) is 1.83. The molecule has 0 aromatic carbocycles. The van der Waals surface area contributed by atoms with Gasteiger partial charge < -0.3 is 10.5 Å². The molecule has 1 saturated carbocycles. The lowest BCUT2D eigenvalue weighted by atomic mass is 9.83. The first kappa shape index (κ1) is 18.2. The van der Waals surface area contributed by atoms with Gasteiger partial charge in [-0.25, -0.2) is 4.68 Å². The quantitative estimate of drug-likeness (QED) is 0.600. The van der Waals surface area contributed by atoms with Crippen LogP contribution in [0.2, 0.25) is 0 Å². The summed E-state index contributed by atoms with van der Waals surface area (Å²) in [7, 11) is 0. The van der Waals surface area contributed by atoms with E-state index in [1.165, 1.54) is 25.7 Å². The van der Waals surface area contributed by atoms with E-state index in [-0.39, 0.29) is 6.01 Å². The predicted molar refractivity (Wildman–Crippen MR) is 108 cm³/mol. The van der Waals surface area contributed by atoms with Gasteiger partial charge in [0.15, 0.2) is 5.65 Å². The van der Waals surface area contributed by atoms with Gasteiger partial charge in [0.05, 0.1) is 11.6 Å². The lowest BCUT2D eigenvalue weighted by Gasteiger charge is -2.27. The molecule has 0 unspecified atom stereocenters. The molecule has 0 bridgehead atoms. The van der Waals surface area contributed by atoms with Gasteiger partial charge in [-0.2, -0.15) is 15.1 Å². The minimum atomic E-state index is 0.279. The number of ether oxygens (including phenoxy) is 1. The minimum Gasteiger partial charge on any atom is -0.458 e. The van der Waals surface area contributed by atoms with Crippen molar-refractivity contribution in [2.24, 2.45) is 11.8 Å². The van der Waals surface area contributed by atoms with Crippen LogP contribution in [0.3, 0.4) is 0 Å². The fourth-order valence-electron chi connectivity index (χ4n) is 3.59. The number of fused-ring (bicyclic) bond motifs is 1. The Morgan fingerprint density at radius 1 is 1.11 bits per heavy atom. The lowest BCUT2D eigenvalue weighted by molar-refractivity contribution is 0.262. The topological polar surface area (TPSA) is 91.7 Å². The molecule has 7 nitrogen and oxygen atoms in total. The number of hydrogen-bond donors (Lipinski definition) is 1. The fourth-order valence-corrected chi connectivity index (χ4v) is 4.24. The van der Waals surface area contributed by atoms with Gasteiger partial charge in [-0.15, -0.1) is 0 Å². The number of hydrogen-bond acceptors (Lipinski definition) is 6. The van der Waals surface area contributed by atoms with Crippen LogP contribution in [-0.4, -0.2) is 30.1 Å². The number of aromatic nitrogens is 5. The standard InChI is InChI=1S/C19H23BrN6O/c20-9-13-1-3-14(4-2-13)11-26-18-16(10-23-26)17(21)24-19(25-18)27-12-15-5-7-22-8-6-15/h5-8,10,13-14H,1-4,9,11-12H2,(H2,21,24,25)/t13-,14-. The van der Waals surface area contributed by atoms with Crippen molar-refractivity contribution < 1.29 is 4.74 Å². The Morgan fingerprint density at radius 2 is 1.85 bits per heavy atom. The average molecular weight is 431 g/mol. The van der Waals surface area contributed by atoms with Crippen molar-refractivity contribution in [2.75, 3.05) is 11.1 Å². The Hall–Kier alpha value is -2.22. The van der Waals surface area contributed by atoms with Gasteiger partial charge in [0.1, 0.15) is 12.4 Å². The molecule has 4 rings (SSSR count). The van der Waals surface area contributed by atoms with Crippen molar-refractivity contribution in [1.29, 1.82) is 0 Å². The number of pyridine rings is 1. The molecule has 1 aliphatic rings. The SMILES string of the molecule is Nc1nc(OCc2ccncc2)nc2c1cnn2C[C@H]1CC[C@H](CBr)CC1. The van der Waals surface area contributed by atoms with Gasteiger partial charge in [-0.05, 0) is 55.2 Å². The highest BCUT2D eigenvalue weighted by Crippen LogP contribution is 2.31. The van der Waals surface area contributed by atoms with Crippen molar-refractivity contribution in [3.05, 3.63) is 36.3 Å². The number of halogens is 1. The first-order valence-corrected chi connectivity index (χ1v) is 10.4. The summed E-state index contributed by atoms with van der Waals surface area (Å²) in [6.45, 7) is 1.23. The third kappa shape index (κ3) is 4.21. The maximum absolute atomic E-state index is 6.11. The number of nitrogen functional groups attached to an aromatic ring is 1. The van der Waals surface area contributed by atoms with Crippen molar-refractivity contribution in [3.8, 4) is 6.01 Å². The molecule has 2 N–H and O–H groups in total. The second kappa shape index (κ2) is 8.21. The zero-order valence-electron chi connectivity index (χ0n) is 15.1. The molecule has 0 spiro atoms. The lowest BCUT2D eigenvalue weighted by Crippen LogP contribution is -2.20. The normalized spacial score (nSPS) is 20.0. The predicted octanol–water partition coefficient (Wildman–Crippen LogP) is 3.58. The Labute approximate surface area is 166 Å². The van der Waals surface area contributed by atoms with E-state index in [9.17, 15) is 0 Å². The van der Waals surface area contributed by atoms with E-state index in [4.69, 9.17) is 10.5 Å². The fraction of sp³-hybridized carbons (Fsp3) is 0.474. The highest BCUT2D eigenvalue weighted by molar-refractivity contribution is 9.09. The van der Waals surface area contributed by atoms with Crippen LogP contribution in [0.4, 0.5) is 5.82 Å². The number of anilines is 1. The molecular weight excluding hydrogens is 408 g/mol. The van der Waals surface area contributed by atoms with Crippen molar-refractivity contribution >= 4 is 32.8 Å². The molecule has 0 radical (unpaired) electrons. The molecule has 3 aromatic heterocycles. The number of alkyl halides is 1. The van der Waals surface area contributed by atoms with Crippen molar-refractivity contribution in [3.63, 3.8) is 0 Å². The van der Waals surface area contributed by atoms with E-state index in [0.717, 1.165) is 34.4 Å². The van der Waals surface area contributed by atoms with E-state index < -0.39 is 0 Å². The Morgan fingerprint density at radius 3 is 2.59 bits per heavy atom. The van der Waals surface area contributed by atoms with Crippen molar-refractivity contribution in [2.45, 2.75) is 38.8 Å². The first-order chi connectivity index (χ1) is 13.2. The van der Waals surface area contributed by atoms with E-state index >= 15 is 0 Å². The van der Waals surface area contributed by atoms with Crippen LogP contribution in [0.15, 0.2) is 30.7 Å². The summed E-state index contributed by atoms with van der Waals surface area (Å²) in [6.07, 6.45) is 10.2. The summed E-state index contributed by atoms with van der Waals surface area (Å²) in [5, 5.41) is 6.39. The Kier molecular flexibility index (Phi) is 5.52.